The Labute approximate surface area is 207 Å². The van der Waals surface area contributed by atoms with E-state index < -0.39 is 74.6 Å². The van der Waals surface area contributed by atoms with Crippen molar-refractivity contribution in [3.8, 4) is 0 Å². The van der Waals surface area contributed by atoms with Gasteiger partial charge in [0.15, 0.2) is 12.6 Å². The van der Waals surface area contributed by atoms with Crippen LogP contribution >= 0.6 is 0 Å². The average molecular weight is 511 g/mol. The maximum Gasteiger partial charge on any atom is 0.187 e. The SMILES string of the molecule is CCCCCCCCCCCCO[C@@H]1O[C@@H](CO)[C@@H](O[C@H]2O[C@H](CO)[C@@H](O)[C@@H](O)[C@H]2O)[C@@H](O)[C@H]1O. The first-order chi connectivity index (χ1) is 16.8. The summed E-state index contributed by atoms with van der Waals surface area (Å²) >= 11 is 0. The second-order valence-corrected chi connectivity index (χ2v) is 9.56. The Balaban J connectivity index is 1.74. The molecule has 11 heteroatoms. The molecule has 2 heterocycles. The minimum absolute atomic E-state index is 0.321. The molecule has 0 saturated carbocycles. The lowest BCUT2D eigenvalue weighted by atomic mass is 9.97. The highest BCUT2D eigenvalue weighted by molar-refractivity contribution is 4.94. The molecule has 2 rings (SSSR count). The molecule has 0 spiro atoms. The second kappa shape index (κ2) is 16.4. The lowest BCUT2D eigenvalue weighted by Crippen LogP contribution is -2.64. The monoisotopic (exact) mass is 510 g/mol. The smallest absolute Gasteiger partial charge is 0.187 e. The molecule has 10 atom stereocenters. The van der Waals surface area contributed by atoms with Crippen molar-refractivity contribution >= 4 is 0 Å². The Morgan fingerprint density at radius 3 is 1.66 bits per heavy atom. The van der Waals surface area contributed by atoms with Crippen molar-refractivity contribution in [2.75, 3.05) is 19.8 Å². The third-order valence-corrected chi connectivity index (χ3v) is 6.74. The summed E-state index contributed by atoms with van der Waals surface area (Å²) in [7, 11) is 0. The van der Waals surface area contributed by atoms with Gasteiger partial charge in [-0.15, -0.1) is 0 Å². The zero-order valence-electron chi connectivity index (χ0n) is 20.7. The summed E-state index contributed by atoms with van der Waals surface area (Å²) in [6.07, 6.45) is -2.63. The number of hydrogen-bond acceptors (Lipinski definition) is 11. The van der Waals surface area contributed by atoms with Gasteiger partial charge in [0.1, 0.15) is 48.8 Å². The fourth-order valence-corrected chi connectivity index (χ4v) is 4.48. The number of unbranched alkanes of at least 4 members (excludes halogenated alkanes) is 9. The molecule has 0 bridgehead atoms. The number of aliphatic hydroxyl groups excluding tert-OH is 7. The summed E-state index contributed by atoms with van der Waals surface area (Å²) in [6.45, 7) is 1.31. The highest BCUT2D eigenvalue weighted by Crippen LogP contribution is 2.29. The van der Waals surface area contributed by atoms with E-state index in [4.69, 9.17) is 18.9 Å². The number of hydrogen-bond donors (Lipinski definition) is 7. The lowest BCUT2D eigenvalue weighted by Gasteiger charge is -2.45. The van der Waals surface area contributed by atoms with Crippen molar-refractivity contribution in [3.05, 3.63) is 0 Å². The van der Waals surface area contributed by atoms with Crippen LogP contribution in [0.1, 0.15) is 71.1 Å². The first-order valence-corrected chi connectivity index (χ1v) is 13.1. The van der Waals surface area contributed by atoms with Crippen LogP contribution in [0.25, 0.3) is 0 Å². The molecule has 0 aliphatic carbocycles. The second-order valence-electron chi connectivity index (χ2n) is 9.56. The van der Waals surface area contributed by atoms with E-state index in [-0.39, 0.29) is 0 Å². The van der Waals surface area contributed by atoms with E-state index in [2.05, 4.69) is 6.92 Å². The predicted octanol–water partition coefficient (Wildman–Crippen LogP) is -0.452. The number of aliphatic hydroxyl groups is 7. The molecule has 0 aromatic rings. The molecule has 2 saturated heterocycles. The van der Waals surface area contributed by atoms with Gasteiger partial charge in [-0.05, 0) is 6.42 Å². The standard InChI is InChI=1S/C24H46O11/c1-2-3-4-5-6-7-8-9-10-11-12-32-23-21(31)19(29)22(16(14-26)34-23)35-24-20(30)18(28)17(27)15(13-25)33-24/h15-31H,2-14H2,1H3/t15-,16+,17-,18-,19+,20-,21-,22-,23-,24-/m1/s1. The molecular formula is C24H46O11. The van der Waals surface area contributed by atoms with Crippen molar-refractivity contribution in [1.82, 2.24) is 0 Å². The molecule has 2 aliphatic rings. The van der Waals surface area contributed by atoms with Crippen LogP contribution in [-0.4, -0.2) is 117 Å². The van der Waals surface area contributed by atoms with Crippen molar-refractivity contribution in [2.45, 2.75) is 133 Å². The summed E-state index contributed by atoms with van der Waals surface area (Å²) in [5, 5.41) is 70.1. The zero-order valence-corrected chi connectivity index (χ0v) is 20.7. The van der Waals surface area contributed by atoms with Gasteiger partial charge in [-0.1, -0.05) is 64.7 Å². The highest BCUT2D eigenvalue weighted by Gasteiger charge is 2.50. The normalized spacial score (nSPS) is 38.1. The van der Waals surface area contributed by atoms with Gasteiger partial charge in [-0.2, -0.15) is 0 Å². The largest absolute Gasteiger partial charge is 0.394 e. The van der Waals surface area contributed by atoms with Crippen LogP contribution < -0.4 is 0 Å². The van der Waals surface area contributed by atoms with Crippen LogP contribution in [0, 0.1) is 0 Å². The summed E-state index contributed by atoms with van der Waals surface area (Å²) in [5.41, 5.74) is 0. The Morgan fingerprint density at radius 1 is 0.571 bits per heavy atom. The fourth-order valence-electron chi connectivity index (χ4n) is 4.48. The van der Waals surface area contributed by atoms with E-state index in [1.165, 1.54) is 44.9 Å². The van der Waals surface area contributed by atoms with Gasteiger partial charge in [0.05, 0.1) is 13.2 Å². The summed E-state index contributed by atoms with van der Waals surface area (Å²) in [6, 6.07) is 0. The molecule has 2 aliphatic heterocycles. The van der Waals surface area contributed by atoms with E-state index in [9.17, 15) is 35.7 Å². The van der Waals surface area contributed by atoms with Gasteiger partial charge < -0.3 is 54.7 Å². The summed E-state index contributed by atoms with van der Waals surface area (Å²) < 4.78 is 22.0. The van der Waals surface area contributed by atoms with E-state index in [0.29, 0.717) is 6.61 Å². The van der Waals surface area contributed by atoms with Crippen LogP contribution in [0.15, 0.2) is 0 Å². The van der Waals surface area contributed by atoms with Gasteiger partial charge in [-0.3, -0.25) is 0 Å². The van der Waals surface area contributed by atoms with Crippen molar-refractivity contribution < 1.29 is 54.7 Å². The minimum atomic E-state index is -1.69. The zero-order chi connectivity index (χ0) is 25.8. The van der Waals surface area contributed by atoms with Gasteiger partial charge in [-0.25, -0.2) is 0 Å². The molecule has 0 radical (unpaired) electrons. The maximum atomic E-state index is 10.6. The molecule has 11 nitrogen and oxygen atoms in total. The Morgan fingerprint density at radius 2 is 1.09 bits per heavy atom. The van der Waals surface area contributed by atoms with Crippen LogP contribution in [0.5, 0.6) is 0 Å². The van der Waals surface area contributed by atoms with E-state index in [0.717, 1.165) is 19.3 Å². The number of ether oxygens (including phenoxy) is 4. The number of rotatable bonds is 16. The minimum Gasteiger partial charge on any atom is -0.394 e. The highest BCUT2D eigenvalue weighted by atomic mass is 16.7. The van der Waals surface area contributed by atoms with E-state index in [1.54, 1.807) is 0 Å². The Bertz CT molecular complexity index is 550. The molecule has 0 unspecified atom stereocenters. The maximum absolute atomic E-state index is 10.6. The van der Waals surface area contributed by atoms with Crippen LogP contribution in [0.4, 0.5) is 0 Å². The Hall–Kier alpha value is -0.440. The molecule has 7 N–H and O–H groups in total. The van der Waals surface area contributed by atoms with Crippen molar-refractivity contribution in [2.24, 2.45) is 0 Å². The third-order valence-electron chi connectivity index (χ3n) is 6.74. The van der Waals surface area contributed by atoms with Gasteiger partial charge in [0.25, 0.3) is 0 Å². The van der Waals surface area contributed by atoms with E-state index >= 15 is 0 Å². The molecule has 208 valence electrons. The molecule has 0 aromatic carbocycles. The lowest BCUT2D eigenvalue weighted by molar-refractivity contribution is -0.359. The van der Waals surface area contributed by atoms with Crippen LogP contribution in [0.3, 0.4) is 0 Å². The van der Waals surface area contributed by atoms with Gasteiger partial charge in [0.2, 0.25) is 0 Å². The molecule has 0 amide bonds. The quantitative estimate of drug-likeness (QED) is 0.134. The molecule has 35 heavy (non-hydrogen) atoms. The third kappa shape index (κ3) is 9.11. The summed E-state index contributed by atoms with van der Waals surface area (Å²) in [4.78, 5) is 0. The molecule has 2 fully saturated rings. The predicted molar refractivity (Wildman–Crippen MR) is 124 cm³/mol. The molecule has 0 aromatic heterocycles. The van der Waals surface area contributed by atoms with Crippen LogP contribution in [-0.2, 0) is 18.9 Å². The average Bonchev–Trinajstić information content (AvgIpc) is 2.86. The van der Waals surface area contributed by atoms with Crippen molar-refractivity contribution in [3.63, 3.8) is 0 Å². The Kier molecular flexibility index (Phi) is 14.4. The van der Waals surface area contributed by atoms with Gasteiger partial charge in [0, 0.05) is 6.61 Å². The first kappa shape index (κ1) is 30.8. The molecular weight excluding hydrogens is 464 g/mol. The summed E-state index contributed by atoms with van der Waals surface area (Å²) in [5.74, 6) is 0. The topological polar surface area (TPSA) is 179 Å². The van der Waals surface area contributed by atoms with Crippen LogP contribution in [0.2, 0.25) is 0 Å². The van der Waals surface area contributed by atoms with E-state index in [1.807, 2.05) is 0 Å². The first-order valence-electron chi connectivity index (χ1n) is 13.1. The van der Waals surface area contributed by atoms with Gasteiger partial charge >= 0.3 is 0 Å². The van der Waals surface area contributed by atoms with Crippen molar-refractivity contribution in [1.29, 1.82) is 0 Å². The fraction of sp³-hybridized carbons (Fsp3) is 1.00.